The van der Waals surface area contributed by atoms with Gasteiger partial charge in [0.1, 0.15) is 17.3 Å². The monoisotopic (exact) mass is 318 g/mol. The van der Waals surface area contributed by atoms with Crippen LogP contribution >= 0.6 is 0 Å². The van der Waals surface area contributed by atoms with E-state index >= 15 is 0 Å². The molecule has 1 atom stereocenters. The lowest BCUT2D eigenvalue weighted by Gasteiger charge is -2.16. The van der Waals surface area contributed by atoms with Crippen LogP contribution in [-0.4, -0.2) is 25.3 Å². The van der Waals surface area contributed by atoms with Crippen LogP contribution in [-0.2, 0) is 11.2 Å². The van der Waals surface area contributed by atoms with Crippen LogP contribution in [0.1, 0.15) is 22.6 Å². The van der Waals surface area contributed by atoms with Crippen molar-refractivity contribution in [3.05, 3.63) is 58.9 Å². The highest BCUT2D eigenvalue weighted by atomic mass is 19.1. The number of methoxy groups -OCH3 is 2. The van der Waals surface area contributed by atoms with Gasteiger partial charge in [-0.3, -0.25) is 4.79 Å². The summed E-state index contributed by atoms with van der Waals surface area (Å²) in [7, 11) is 3.06. The number of ether oxygens (including phenoxy) is 2. The van der Waals surface area contributed by atoms with Crippen molar-refractivity contribution in [1.82, 2.24) is 0 Å². The lowest BCUT2D eigenvalue weighted by molar-refractivity contribution is -0.138. The fourth-order valence-electron chi connectivity index (χ4n) is 2.41. The lowest BCUT2D eigenvalue weighted by atomic mass is 9.91. The van der Waals surface area contributed by atoms with Crippen molar-refractivity contribution >= 4 is 5.97 Å². The van der Waals surface area contributed by atoms with Gasteiger partial charge in [0.05, 0.1) is 20.1 Å². The molecule has 0 heterocycles. The first-order valence-electron chi connectivity index (χ1n) is 7.16. The number of hydrogen-bond acceptors (Lipinski definition) is 3. The van der Waals surface area contributed by atoms with Crippen molar-refractivity contribution in [3.63, 3.8) is 0 Å². The molecule has 0 spiro atoms. The smallest absolute Gasteiger partial charge is 0.311 e. The Morgan fingerprint density at radius 2 is 1.91 bits per heavy atom. The summed E-state index contributed by atoms with van der Waals surface area (Å²) in [6, 6.07) is 9.72. The van der Waals surface area contributed by atoms with Crippen LogP contribution < -0.4 is 9.47 Å². The van der Waals surface area contributed by atoms with Crippen LogP contribution in [0.5, 0.6) is 11.5 Å². The number of carbonyl (C=O) groups is 1. The Morgan fingerprint density at radius 3 is 2.48 bits per heavy atom. The van der Waals surface area contributed by atoms with Gasteiger partial charge in [0, 0.05) is 6.07 Å². The highest BCUT2D eigenvalue weighted by molar-refractivity contribution is 5.76. The fraction of sp³-hybridized carbons (Fsp3) is 0.278. The molecule has 2 aromatic carbocycles. The third-order valence-electron chi connectivity index (χ3n) is 3.81. The molecule has 122 valence electrons. The van der Waals surface area contributed by atoms with E-state index in [-0.39, 0.29) is 6.42 Å². The highest BCUT2D eigenvalue weighted by Gasteiger charge is 2.23. The predicted octanol–water partition coefficient (Wildman–Crippen LogP) is 3.56. The number of hydrogen-bond donors (Lipinski definition) is 1. The molecule has 0 radical (unpaired) electrons. The molecule has 0 aliphatic rings. The van der Waals surface area contributed by atoms with Gasteiger partial charge in [-0.05, 0) is 42.2 Å². The van der Waals surface area contributed by atoms with E-state index in [1.54, 1.807) is 44.4 Å². The zero-order valence-corrected chi connectivity index (χ0v) is 13.3. The van der Waals surface area contributed by atoms with E-state index in [2.05, 4.69) is 0 Å². The molecule has 1 unspecified atom stereocenters. The first-order valence-corrected chi connectivity index (χ1v) is 7.16. The first-order chi connectivity index (χ1) is 11.0. The van der Waals surface area contributed by atoms with E-state index in [0.717, 1.165) is 5.56 Å². The highest BCUT2D eigenvalue weighted by Crippen LogP contribution is 2.30. The van der Waals surface area contributed by atoms with Crippen LogP contribution in [0.15, 0.2) is 36.4 Å². The number of benzene rings is 2. The van der Waals surface area contributed by atoms with Crippen LogP contribution in [0.2, 0.25) is 0 Å². The van der Waals surface area contributed by atoms with Crippen LogP contribution in [0.25, 0.3) is 0 Å². The number of halogens is 1. The van der Waals surface area contributed by atoms with Gasteiger partial charge in [-0.25, -0.2) is 4.39 Å². The van der Waals surface area contributed by atoms with Crippen molar-refractivity contribution in [2.24, 2.45) is 0 Å². The van der Waals surface area contributed by atoms with E-state index in [0.29, 0.717) is 22.6 Å². The van der Waals surface area contributed by atoms with Gasteiger partial charge >= 0.3 is 5.97 Å². The maximum Gasteiger partial charge on any atom is 0.311 e. The molecular formula is C18H19FO4. The van der Waals surface area contributed by atoms with Gasteiger partial charge in [0.15, 0.2) is 0 Å². The van der Waals surface area contributed by atoms with E-state index in [4.69, 9.17) is 9.47 Å². The van der Waals surface area contributed by atoms with Crippen molar-refractivity contribution in [1.29, 1.82) is 0 Å². The number of aryl methyl sites for hydroxylation is 1. The summed E-state index contributed by atoms with van der Waals surface area (Å²) in [4.78, 5) is 11.6. The second-order valence-electron chi connectivity index (χ2n) is 5.28. The average Bonchev–Trinajstić information content (AvgIpc) is 2.55. The van der Waals surface area contributed by atoms with E-state index < -0.39 is 17.7 Å². The summed E-state index contributed by atoms with van der Waals surface area (Å²) in [5, 5.41) is 9.52. The zero-order valence-electron chi connectivity index (χ0n) is 13.3. The summed E-state index contributed by atoms with van der Waals surface area (Å²) in [6.45, 7) is 1.64. The van der Waals surface area contributed by atoms with E-state index in [1.807, 2.05) is 0 Å². The summed E-state index contributed by atoms with van der Waals surface area (Å²) in [5.74, 6) is -1.10. The zero-order chi connectivity index (χ0) is 17.0. The Balaban J connectivity index is 2.36. The second-order valence-corrected chi connectivity index (χ2v) is 5.28. The molecule has 0 saturated heterocycles. The van der Waals surface area contributed by atoms with E-state index in [9.17, 15) is 14.3 Å². The minimum Gasteiger partial charge on any atom is -0.497 e. The molecule has 0 amide bonds. The number of carboxylic acids is 1. The minimum atomic E-state index is -1.01. The molecule has 0 aromatic heterocycles. The minimum absolute atomic E-state index is 0.199. The van der Waals surface area contributed by atoms with Crippen molar-refractivity contribution in [2.45, 2.75) is 19.3 Å². The quantitative estimate of drug-likeness (QED) is 0.885. The molecule has 4 nitrogen and oxygen atoms in total. The molecule has 0 fully saturated rings. The Kier molecular flexibility index (Phi) is 5.21. The largest absolute Gasteiger partial charge is 0.497 e. The third-order valence-corrected chi connectivity index (χ3v) is 3.81. The second kappa shape index (κ2) is 7.13. The van der Waals surface area contributed by atoms with Gasteiger partial charge in [0.25, 0.3) is 0 Å². The molecule has 5 heteroatoms. The normalized spacial score (nSPS) is 11.8. The van der Waals surface area contributed by atoms with Gasteiger partial charge in [-0.2, -0.15) is 0 Å². The third kappa shape index (κ3) is 3.80. The number of aliphatic carboxylic acids is 1. The number of carboxylic acid groups (broad SMARTS) is 1. The lowest BCUT2D eigenvalue weighted by Crippen LogP contribution is -2.15. The Bertz CT molecular complexity index is 712. The summed E-state index contributed by atoms with van der Waals surface area (Å²) in [6.07, 6.45) is 0.199. The summed E-state index contributed by atoms with van der Waals surface area (Å²) in [5.41, 5.74) is 1.64. The molecule has 2 rings (SSSR count). The first kappa shape index (κ1) is 16.8. The maximum absolute atomic E-state index is 13.8. The number of rotatable bonds is 6. The molecule has 1 N–H and O–H groups in total. The predicted molar refractivity (Wildman–Crippen MR) is 84.8 cm³/mol. The Labute approximate surface area is 134 Å². The van der Waals surface area contributed by atoms with Gasteiger partial charge in [0.2, 0.25) is 0 Å². The van der Waals surface area contributed by atoms with Gasteiger partial charge < -0.3 is 14.6 Å². The van der Waals surface area contributed by atoms with Crippen LogP contribution in [0.4, 0.5) is 4.39 Å². The van der Waals surface area contributed by atoms with Crippen LogP contribution in [0.3, 0.4) is 0 Å². The molecule has 0 aliphatic carbocycles. The SMILES string of the molecule is COc1ccc(CC(C(=O)O)c2ccc(C)c(F)c2)c(OC)c1. The molecule has 23 heavy (non-hydrogen) atoms. The van der Waals surface area contributed by atoms with Crippen molar-refractivity contribution in [3.8, 4) is 11.5 Å². The molecule has 0 aliphatic heterocycles. The molecule has 2 aromatic rings. The molecular weight excluding hydrogens is 299 g/mol. The summed E-state index contributed by atoms with van der Waals surface area (Å²) >= 11 is 0. The standard InChI is InChI=1S/C18H19FO4/c1-11-4-5-12(9-16(11)19)15(18(20)21)8-13-6-7-14(22-2)10-17(13)23-3/h4-7,9-10,15H,8H2,1-3H3,(H,20,21). The van der Waals surface area contributed by atoms with Gasteiger partial charge in [-0.1, -0.05) is 18.2 Å². The fourth-order valence-corrected chi connectivity index (χ4v) is 2.41. The topological polar surface area (TPSA) is 55.8 Å². The Hall–Kier alpha value is -2.56. The summed E-state index contributed by atoms with van der Waals surface area (Å²) < 4.78 is 24.2. The molecule has 0 saturated carbocycles. The average molecular weight is 318 g/mol. The van der Waals surface area contributed by atoms with Crippen LogP contribution in [0, 0.1) is 12.7 Å². The maximum atomic E-state index is 13.8. The van der Waals surface area contributed by atoms with Crippen molar-refractivity contribution < 1.29 is 23.8 Å². The van der Waals surface area contributed by atoms with Gasteiger partial charge in [-0.15, -0.1) is 0 Å². The van der Waals surface area contributed by atoms with E-state index in [1.165, 1.54) is 13.2 Å². The van der Waals surface area contributed by atoms with Crippen molar-refractivity contribution in [2.75, 3.05) is 14.2 Å². The Morgan fingerprint density at radius 1 is 1.17 bits per heavy atom. The molecule has 0 bridgehead atoms.